The third-order valence-electron chi connectivity index (χ3n) is 2.28. The van der Waals surface area contributed by atoms with Crippen LogP contribution in [0, 0.1) is 6.92 Å². The Labute approximate surface area is 65.7 Å². The Kier molecular flexibility index (Phi) is 1.46. The van der Waals surface area contributed by atoms with E-state index in [-0.39, 0.29) is 12.1 Å². The molecule has 1 heterocycles. The smallest absolute Gasteiger partial charge is 0.0779 e. The zero-order valence-corrected chi connectivity index (χ0v) is 6.57. The summed E-state index contributed by atoms with van der Waals surface area (Å²) in [5, 5.41) is 13.5. The van der Waals surface area contributed by atoms with Crippen LogP contribution in [0.2, 0.25) is 0 Å². The van der Waals surface area contributed by atoms with E-state index in [1.165, 1.54) is 0 Å². The molecule has 3 nitrogen and oxygen atoms in total. The third-order valence-corrected chi connectivity index (χ3v) is 2.28. The molecule has 1 aliphatic rings. The van der Waals surface area contributed by atoms with Gasteiger partial charge in [0.15, 0.2) is 0 Å². The first-order chi connectivity index (χ1) is 5.27. The topological polar surface area (TPSA) is 38.0 Å². The summed E-state index contributed by atoms with van der Waals surface area (Å²) in [6, 6.07) is 2.20. The minimum Gasteiger partial charge on any atom is -0.391 e. The fraction of sp³-hybridized carbons (Fsp3) is 0.625. The molecule has 0 spiro atoms. The number of aromatic nitrogens is 2. The maximum Gasteiger partial charge on any atom is 0.0779 e. The molecule has 0 aromatic carbocycles. The van der Waals surface area contributed by atoms with Gasteiger partial charge in [-0.05, 0) is 25.8 Å². The lowest BCUT2D eigenvalue weighted by Crippen LogP contribution is -2.33. The van der Waals surface area contributed by atoms with Crippen molar-refractivity contribution in [1.82, 2.24) is 9.78 Å². The monoisotopic (exact) mass is 152 g/mol. The van der Waals surface area contributed by atoms with Crippen LogP contribution in [0.25, 0.3) is 0 Å². The van der Waals surface area contributed by atoms with Gasteiger partial charge >= 0.3 is 0 Å². The molecule has 3 heteroatoms. The van der Waals surface area contributed by atoms with Crippen molar-refractivity contribution >= 4 is 0 Å². The molecular weight excluding hydrogens is 140 g/mol. The highest BCUT2D eigenvalue weighted by atomic mass is 16.3. The summed E-state index contributed by atoms with van der Waals surface area (Å²) in [5.74, 6) is 0. The normalized spacial score (nSPS) is 30.0. The van der Waals surface area contributed by atoms with Crippen molar-refractivity contribution in [3.63, 3.8) is 0 Å². The van der Waals surface area contributed by atoms with Crippen molar-refractivity contribution < 1.29 is 5.11 Å². The minimum absolute atomic E-state index is 0.172. The van der Waals surface area contributed by atoms with Gasteiger partial charge in [0, 0.05) is 6.20 Å². The predicted octanol–water partition coefficient (Wildman–Crippen LogP) is 0.887. The molecule has 1 fully saturated rings. The SMILES string of the molecule is Cc1ccn(C2CCC2O)n1. The largest absolute Gasteiger partial charge is 0.391 e. The molecule has 0 saturated heterocycles. The zero-order valence-electron chi connectivity index (χ0n) is 6.57. The highest BCUT2D eigenvalue weighted by Gasteiger charge is 2.30. The summed E-state index contributed by atoms with van der Waals surface area (Å²) in [5.41, 5.74) is 1.02. The van der Waals surface area contributed by atoms with Gasteiger partial charge in [0.25, 0.3) is 0 Å². The van der Waals surface area contributed by atoms with Crippen molar-refractivity contribution in [2.45, 2.75) is 31.9 Å². The quantitative estimate of drug-likeness (QED) is 0.649. The molecule has 60 valence electrons. The molecule has 2 rings (SSSR count). The van der Waals surface area contributed by atoms with Gasteiger partial charge in [-0.25, -0.2) is 0 Å². The summed E-state index contributed by atoms with van der Waals surface area (Å²) in [4.78, 5) is 0. The zero-order chi connectivity index (χ0) is 7.84. The number of rotatable bonds is 1. The average molecular weight is 152 g/mol. The Bertz CT molecular complexity index is 256. The Morgan fingerprint density at radius 2 is 2.45 bits per heavy atom. The third kappa shape index (κ3) is 1.05. The molecule has 1 aromatic heterocycles. The van der Waals surface area contributed by atoms with Crippen LogP contribution in [0.5, 0.6) is 0 Å². The molecule has 1 N–H and O–H groups in total. The summed E-state index contributed by atoms with van der Waals surface area (Å²) in [6.07, 6.45) is 3.74. The van der Waals surface area contributed by atoms with Gasteiger partial charge < -0.3 is 5.11 Å². The average Bonchev–Trinajstić information content (AvgIpc) is 2.33. The van der Waals surface area contributed by atoms with E-state index in [2.05, 4.69) is 5.10 Å². The maximum atomic E-state index is 9.31. The lowest BCUT2D eigenvalue weighted by Gasteiger charge is -2.32. The number of aliphatic hydroxyl groups is 1. The molecule has 1 aliphatic carbocycles. The second-order valence-electron chi connectivity index (χ2n) is 3.15. The minimum atomic E-state index is -0.172. The molecule has 11 heavy (non-hydrogen) atoms. The first kappa shape index (κ1) is 6.85. The van der Waals surface area contributed by atoms with Crippen LogP contribution >= 0.6 is 0 Å². The van der Waals surface area contributed by atoms with E-state index in [1.807, 2.05) is 23.9 Å². The first-order valence-corrected chi connectivity index (χ1v) is 3.97. The first-order valence-electron chi connectivity index (χ1n) is 3.97. The van der Waals surface area contributed by atoms with Gasteiger partial charge in [-0.2, -0.15) is 5.10 Å². The highest BCUT2D eigenvalue weighted by Crippen LogP contribution is 2.31. The van der Waals surface area contributed by atoms with Crippen LogP contribution in [0.3, 0.4) is 0 Å². The number of aryl methyl sites for hydroxylation is 1. The second kappa shape index (κ2) is 2.34. The van der Waals surface area contributed by atoms with Gasteiger partial charge in [0.1, 0.15) is 0 Å². The lowest BCUT2D eigenvalue weighted by atomic mass is 9.89. The summed E-state index contributed by atoms with van der Waals surface area (Å²) in [6.45, 7) is 1.96. The maximum absolute atomic E-state index is 9.31. The summed E-state index contributed by atoms with van der Waals surface area (Å²) in [7, 11) is 0. The van der Waals surface area contributed by atoms with Gasteiger partial charge in [-0.3, -0.25) is 4.68 Å². The number of nitrogens with zero attached hydrogens (tertiary/aromatic N) is 2. The van der Waals surface area contributed by atoms with Crippen LogP contribution in [-0.2, 0) is 0 Å². The highest BCUT2D eigenvalue weighted by molar-refractivity contribution is 4.98. The van der Waals surface area contributed by atoms with Crippen LogP contribution in [0.15, 0.2) is 12.3 Å². The van der Waals surface area contributed by atoms with Gasteiger partial charge in [0.05, 0.1) is 17.8 Å². The number of aliphatic hydroxyl groups excluding tert-OH is 1. The van der Waals surface area contributed by atoms with Crippen LogP contribution < -0.4 is 0 Å². The fourth-order valence-corrected chi connectivity index (χ4v) is 1.39. The Morgan fingerprint density at radius 1 is 1.64 bits per heavy atom. The van der Waals surface area contributed by atoms with Crippen LogP contribution in [0.4, 0.5) is 0 Å². The molecule has 1 saturated carbocycles. The van der Waals surface area contributed by atoms with E-state index in [4.69, 9.17) is 0 Å². The van der Waals surface area contributed by atoms with Crippen LogP contribution in [-0.4, -0.2) is 21.0 Å². The van der Waals surface area contributed by atoms with E-state index < -0.39 is 0 Å². The molecule has 2 atom stereocenters. The fourth-order valence-electron chi connectivity index (χ4n) is 1.39. The second-order valence-corrected chi connectivity index (χ2v) is 3.15. The summed E-state index contributed by atoms with van der Waals surface area (Å²) >= 11 is 0. The lowest BCUT2D eigenvalue weighted by molar-refractivity contribution is 0.0252. The van der Waals surface area contributed by atoms with Crippen LogP contribution in [0.1, 0.15) is 24.6 Å². The Hall–Kier alpha value is -0.830. The number of hydrogen-bond donors (Lipinski definition) is 1. The van der Waals surface area contributed by atoms with Crippen molar-refractivity contribution in [2.24, 2.45) is 0 Å². The molecule has 0 radical (unpaired) electrons. The van der Waals surface area contributed by atoms with E-state index in [9.17, 15) is 5.11 Å². The van der Waals surface area contributed by atoms with Crippen molar-refractivity contribution in [3.8, 4) is 0 Å². The molecule has 0 aliphatic heterocycles. The van der Waals surface area contributed by atoms with Gasteiger partial charge in [0.2, 0.25) is 0 Å². The van der Waals surface area contributed by atoms with Crippen molar-refractivity contribution in [1.29, 1.82) is 0 Å². The molecule has 2 unspecified atom stereocenters. The standard InChI is InChI=1S/C8H12N2O/c1-6-4-5-10(9-6)7-2-3-8(7)11/h4-5,7-8,11H,2-3H2,1H3. The molecule has 0 bridgehead atoms. The van der Waals surface area contributed by atoms with E-state index in [0.29, 0.717) is 0 Å². The van der Waals surface area contributed by atoms with E-state index in [0.717, 1.165) is 18.5 Å². The molecule has 0 amide bonds. The van der Waals surface area contributed by atoms with Gasteiger partial charge in [-0.1, -0.05) is 0 Å². The Balaban J connectivity index is 2.16. The summed E-state index contributed by atoms with van der Waals surface area (Å²) < 4.78 is 1.86. The predicted molar refractivity (Wildman–Crippen MR) is 41.2 cm³/mol. The molecular formula is C8H12N2O. The van der Waals surface area contributed by atoms with Gasteiger partial charge in [-0.15, -0.1) is 0 Å². The van der Waals surface area contributed by atoms with Crippen molar-refractivity contribution in [3.05, 3.63) is 18.0 Å². The van der Waals surface area contributed by atoms with Crippen molar-refractivity contribution in [2.75, 3.05) is 0 Å². The van der Waals surface area contributed by atoms with E-state index >= 15 is 0 Å². The Morgan fingerprint density at radius 3 is 2.82 bits per heavy atom. The number of hydrogen-bond acceptors (Lipinski definition) is 2. The van der Waals surface area contributed by atoms with E-state index in [1.54, 1.807) is 0 Å². The molecule has 1 aromatic rings.